The summed E-state index contributed by atoms with van der Waals surface area (Å²) in [6.45, 7) is 3.86. The lowest BCUT2D eigenvalue weighted by Crippen LogP contribution is -2.31. The molecule has 0 saturated heterocycles. The molecule has 0 radical (unpaired) electrons. The van der Waals surface area contributed by atoms with Gasteiger partial charge in [0.25, 0.3) is 5.19 Å². The van der Waals surface area contributed by atoms with Crippen LogP contribution in [0.3, 0.4) is 0 Å². The van der Waals surface area contributed by atoms with Crippen LogP contribution in [-0.2, 0) is 17.6 Å². The van der Waals surface area contributed by atoms with Crippen LogP contribution < -0.4 is 10.1 Å². The van der Waals surface area contributed by atoms with E-state index in [2.05, 4.69) is 14.7 Å². The van der Waals surface area contributed by atoms with Crippen LogP contribution >= 0.6 is 11.5 Å². The molecule has 1 amide bonds. The molecule has 2 aromatic carbocycles. The smallest absolute Gasteiger partial charge is 0.298 e. The fraction of sp³-hybridized carbons (Fsp3) is 0.250. The molecular weight excluding hydrogens is 365 g/mol. The first kappa shape index (κ1) is 19.0. The second-order valence-electron chi connectivity index (χ2n) is 6.42. The van der Waals surface area contributed by atoms with Gasteiger partial charge < -0.3 is 10.1 Å². The van der Waals surface area contributed by atoms with Crippen molar-refractivity contribution in [2.75, 3.05) is 0 Å². The third-order valence-electron chi connectivity index (χ3n) is 3.67. The summed E-state index contributed by atoms with van der Waals surface area (Å²) in [6.07, 6.45) is 0.850. The molecule has 0 bridgehead atoms. The summed E-state index contributed by atoms with van der Waals surface area (Å²) in [5.41, 5.74) is 1.85. The lowest BCUT2D eigenvalue weighted by Gasteiger charge is -2.08. The first-order valence-corrected chi connectivity index (χ1v) is 9.38. The number of carbonyl (C=O) groups excluding carboxylic acids is 1. The highest BCUT2D eigenvalue weighted by atomic mass is 32.1. The van der Waals surface area contributed by atoms with E-state index >= 15 is 0 Å². The van der Waals surface area contributed by atoms with Gasteiger partial charge in [0, 0.05) is 24.0 Å². The summed E-state index contributed by atoms with van der Waals surface area (Å²) in [5.74, 6) is 0.989. The summed E-state index contributed by atoms with van der Waals surface area (Å²) in [6, 6.07) is 13.7. The van der Waals surface area contributed by atoms with Crippen molar-refractivity contribution in [1.82, 2.24) is 14.7 Å². The average Bonchev–Trinajstić information content (AvgIpc) is 3.05. The molecule has 0 fully saturated rings. The minimum atomic E-state index is -0.265. The third kappa shape index (κ3) is 5.86. The van der Waals surface area contributed by atoms with Gasteiger partial charge in [0.1, 0.15) is 11.6 Å². The highest BCUT2D eigenvalue weighted by Gasteiger charge is 2.09. The van der Waals surface area contributed by atoms with E-state index in [0.717, 1.165) is 11.1 Å². The second kappa shape index (κ2) is 8.73. The summed E-state index contributed by atoms with van der Waals surface area (Å²) >= 11 is 1.17. The van der Waals surface area contributed by atoms with Gasteiger partial charge in [-0.25, -0.2) is 4.39 Å². The molecule has 3 rings (SSSR count). The Morgan fingerprint density at radius 3 is 2.44 bits per heavy atom. The molecule has 7 heteroatoms. The summed E-state index contributed by atoms with van der Waals surface area (Å²) in [5, 5.41) is 3.31. The van der Waals surface area contributed by atoms with Crippen LogP contribution in [0, 0.1) is 5.82 Å². The van der Waals surface area contributed by atoms with Crippen molar-refractivity contribution >= 4 is 17.4 Å². The number of nitrogens with zero attached hydrogens (tertiary/aromatic N) is 2. The van der Waals surface area contributed by atoms with Gasteiger partial charge in [-0.1, -0.05) is 24.3 Å². The Kier molecular flexibility index (Phi) is 6.13. The van der Waals surface area contributed by atoms with E-state index in [1.54, 1.807) is 24.3 Å². The third-order valence-corrected chi connectivity index (χ3v) is 4.30. The van der Waals surface area contributed by atoms with Crippen LogP contribution in [0.4, 0.5) is 4.39 Å². The molecule has 0 aliphatic carbocycles. The maximum Gasteiger partial charge on any atom is 0.298 e. The molecule has 1 heterocycles. The van der Waals surface area contributed by atoms with Gasteiger partial charge in [-0.3, -0.25) is 4.79 Å². The highest BCUT2D eigenvalue weighted by molar-refractivity contribution is 7.07. The number of amides is 1. The normalized spacial score (nSPS) is 10.8. The van der Waals surface area contributed by atoms with E-state index in [9.17, 15) is 9.18 Å². The van der Waals surface area contributed by atoms with Gasteiger partial charge in [-0.15, -0.1) is 0 Å². The van der Waals surface area contributed by atoms with Crippen molar-refractivity contribution in [2.24, 2.45) is 0 Å². The number of rotatable bonds is 7. The summed E-state index contributed by atoms with van der Waals surface area (Å²) in [7, 11) is 0. The SMILES string of the molecule is CC(C)NC(=O)Cc1ccc(Oc2nc(Cc3ccc(F)cc3)ns2)cc1. The number of nitrogens with one attached hydrogen (secondary N) is 1. The zero-order valence-electron chi connectivity index (χ0n) is 15.1. The molecule has 27 heavy (non-hydrogen) atoms. The van der Waals surface area contributed by atoms with Gasteiger partial charge in [0.15, 0.2) is 5.82 Å². The highest BCUT2D eigenvalue weighted by Crippen LogP contribution is 2.24. The van der Waals surface area contributed by atoms with E-state index in [4.69, 9.17) is 4.74 Å². The number of benzene rings is 2. The van der Waals surface area contributed by atoms with E-state index in [0.29, 0.717) is 29.6 Å². The van der Waals surface area contributed by atoms with Gasteiger partial charge in [0.2, 0.25) is 5.91 Å². The molecule has 140 valence electrons. The van der Waals surface area contributed by atoms with Crippen LogP contribution in [0.25, 0.3) is 0 Å². The van der Waals surface area contributed by atoms with Crippen molar-refractivity contribution in [1.29, 1.82) is 0 Å². The van der Waals surface area contributed by atoms with Crippen LogP contribution in [0.1, 0.15) is 30.8 Å². The monoisotopic (exact) mass is 385 g/mol. The Morgan fingerprint density at radius 1 is 1.11 bits per heavy atom. The maximum absolute atomic E-state index is 13.0. The number of ether oxygens (including phenoxy) is 1. The zero-order valence-corrected chi connectivity index (χ0v) is 15.9. The van der Waals surface area contributed by atoms with E-state index < -0.39 is 0 Å². The Balaban J connectivity index is 1.57. The summed E-state index contributed by atoms with van der Waals surface area (Å²) < 4.78 is 23.0. The quantitative estimate of drug-likeness (QED) is 0.664. The second-order valence-corrected chi connectivity index (χ2v) is 7.14. The predicted molar refractivity (Wildman–Crippen MR) is 103 cm³/mol. The zero-order chi connectivity index (χ0) is 19.2. The van der Waals surface area contributed by atoms with Crippen molar-refractivity contribution in [2.45, 2.75) is 32.7 Å². The molecule has 0 atom stereocenters. The lowest BCUT2D eigenvalue weighted by molar-refractivity contribution is -0.120. The van der Waals surface area contributed by atoms with E-state index in [1.165, 1.54) is 23.7 Å². The number of halogens is 1. The number of aromatic nitrogens is 2. The molecule has 5 nitrogen and oxygen atoms in total. The molecule has 0 unspecified atom stereocenters. The molecule has 0 aliphatic heterocycles. The van der Waals surface area contributed by atoms with Crippen LogP contribution in [0.5, 0.6) is 10.9 Å². The average molecular weight is 385 g/mol. The number of hydrogen-bond donors (Lipinski definition) is 1. The van der Waals surface area contributed by atoms with Crippen molar-refractivity contribution in [3.05, 3.63) is 71.3 Å². The maximum atomic E-state index is 13.0. The van der Waals surface area contributed by atoms with Gasteiger partial charge in [0.05, 0.1) is 6.42 Å². The summed E-state index contributed by atoms with van der Waals surface area (Å²) in [4.78, 5) is 16.1. The Bertz CT molecular complexity index is 892. The Morgan fingerprint density at radius 2 is 1.78 bits per heavy atom. The van der Waals surface area contributed by atoms with Crippen molar-refractivity contribution in [3.8, 4) is 10.9 Å². The Labute approximate surface area is 161 Å². The Hall–Kier alpha value is -2.80. The van der Waals surface area contributed by atoms with Crippen LogP contribution in [-0.4, -0.2) is 21.3 Å². The van der Waals surface area contributed by atoms with E-state index in [1.807, 2.05) is 26.0 Å². The number of carbonyl (C=O) groups is 1. The van der Waals surface area contributed by atoms with Crippen LogP contribution in [0.15, 0.2) is 48.5 Å². The van der Waals surface area contributed by atoms with Gasteiger partial charge >= 0.3 is 0 Å². The first-order chi connectivity index (χ1) is 13.0. The minimum Gasteiger partial charge on any atom is -0.430 e. The minimum absolute atomic E-state index is 0.00627. The fourth-order valence-corrected chi connectivity index (χ4v) is 3.04. The van der Waals surface area contributed by atoms with Crippen LogP contribution in [0.2, 0.25) is 0 Å². The van der Waals surface area contributed by atoms with Crippen molar-refractivity contribution in [3.63, 3.8) is 0 Å². The van der Waals surface area contributed by atoms with Gasteiger partial charge in [-0.05, 0) is 49.2 Å². The molecule has 3 aromatic rings. The number of hydrogen-bond acceptors (Lipinski definition) is 5. The predicted octanol–water partition coefficient (Wildman–Crippen LogP) is 4.13. The standard InChI is InChI=1S/C20H20FN3O2S/c1-13(2)22-19(25)12-15-5-9-17(10-6-15)26-20-23-18(24-27-20)11-14-3-7-16(21)8-4-14/h3-10,13H,11-12H2,1-2H3,(H,22,25). The molecule has 0 aliphatic rings. The molecule has 0 spiro atoms. The molecule has 1 aromatic heterocycles. The molecular formula is C20H20FN3O2S. The van der Waals surface area contributed by atoms with Gasteiger partial charge in [-0.2, -0.15) is 9.36 Å². The van der Waals surface area contributed by atoms with Crippen molar-refractivity contribution < 1.29 is 13.9 Å². The fourth-order valence-electron chi connectivity index (χ4n) is 2.47. The van der Waals surface area contributed by atoms with E-state index in [-0.39, 0.29) is 17.8 Å². The first-order valence-electron chi connectivity index (χ1n) is 8.61. The largest absolute Gasteiger partial charge is 0.430 e. The lowest BCUT2D eigenvalue weighted by atomic mass is 10.1. The molecule has 1 N–H and O–H groups in total. The topological polar surface area (TPSA) is 64.1 Å². The molecule has 0 saturated carbocycles.